The van der Waals surface area contributed by atoms with E-state index in [1.165, 1.54) is 16.9 Å². The number of rotatable bonds is 3. The van der Waals surface area contributed by atoms with Gasteiger partial charge in [0.15, 0.2) is 0 Å². The van der Waals surface area contributed by atoms with Gasteiger partial charge >= 0.3 is 80.4 Å². The molecule has 3 unspecified atom stereocenters. The van der Waals surface area contributed by atoms with Crippen LogP contribution in [0.2, 0.25) is 4.71 Å². The van der Waals surface area contributed by atoms with Crippen molar-refractivity contribution < 1.29 is 10.2 Å². The monoisotopic (exact) mass is 228 g/mol. The van der Waals surface area contributed by atoms with Crippen molar-refractivity contribution in [2.75, 3.05) is 6.61 Å². The predicted octanol–water partition coefficient (Wildman–Crippen LogP) is 0.134. The van der Waals surface area contributed by atoms with Gasteiger partial charge in [-0.15, -0.1) is 0 Å². The number of hydrogen-bond donors (Lipinski definition) is 2. The molecule has 2 nitrogen and oxygen atoms in total. The van der Waals surface area contributed by atoms with Crippen LogP contribution in [0.1, 0.15) is 11.7 Å². The van der Waals surface area contributed by atoms with Crippen molar-refractivity contribution in [1.82, 2.24) is 0 Å². The molecule has 0 aliphatic rings. The first-order chi connectivity index (χ1) is 5.75. The molecule has 0 saturated carbocycles. The molecule has 1 aromatic carbocycles. The Morgan fingerprint density at radius 2 is 1.83 bits per heavy atom. The molecule has 0 radical (unpaired) electrons. The van der Waals surface area contributed by atoms with Crippen LogP contribution >= 0.6 is 0 Å². The number of benzene rings is 1. The van der Waals surface area contributed by atoms with Crippen molar-refractivity contribution >= 4 is 16.9 Å². The molecule has 12 heavy (non-hydrogen) atoms. The van der Waals surface area contributed by atoms with Gasteiger partial charge in [-0.05, 0) is 0 Å². The molecule has 1 rings (SSSR count). The van der Waals surface area contributed by atoms with Crippen LogP contribution in [0.25, 0.3) is 0 Å². The van der Waals surface area contributed by atoms with E-state index in [0.717, 1.165) is 5.56 Å². The minimum atomic E-state index is -0.531. The summed E-state index contributed by atoms with van der Waals surface area (Å²) in [5.74, 6) is 0. The van der Waals surface area contributed by atoms with Gasteiger partial charge in [0.05, 0.1) is 0 Å². The molecule has 0 aliphatic carbocycles. The zero-order chi connectivity index (χ0) is 8.97. The second kappa shape index (κ2) is 4.66. The molecule has 0 aromatic heterocycles. The summed E-state index contributed by atoms with van der Waals surface area (Å²) >= 11 is 1.36. The fraction of sp³-hybridized carbons (Fsp3) is 0.333. The molecule has 3 atom stereocenters. The van der Waals surface area contributed by atoms with E-state index in [4.69, 9.17) is 5.11 Å². The van der Waals surface area contributed by atoms with E-state index in [1.807, 2.05) is 30.3 Å². The SMILES string of the molecule is OCC([AsH2])C(O)c1ccccc1. The van der Waals surface area contributed by atoms with Gasteiger partial charge in [-0.25, -0.2) is 0 Å². The third kappa shape index (κ3) is 2.34. The maximum atomic E-state index is 9.64. The van der Waals surface area contributed by atoms with E-state index in [0.29, 0.717) is 0 Å². The zero-order valence-electron chi connectivity index (χ0n) is 6.72. The van der Waals surface area contributed by atoms with Gasteiger partial charge in [0, 0.05) is 0 Å². The molecule has 3 heteroatoms. The molecule has 0 spiro atoms. The van der Waals surface area contributed by atoms with Crippen LogP contribution in [0.15, 0.2) is 30.3 Å². The Morgan fingerprint density at radius 3 is 2.33 bits per heavy atom. The fourth-order valence-corrected chi connectivity index (χ4v) is 1.46. The molecular weight excluding hydrogens is 215 g/mol. The molecule has 1 aromatic rings. The van der Waals surface area contributed by atoms with E-state index in [-0.39, 0.29) is 11.3 Å². The van der Waals surface area contributed by atoms with E-state index < -0.39 is 6.10 Å². The summed E-state index contributed by atoms with van der Waals surface area (Å²) in [5, 5.41) is 18.5. The van der Waals surface area contributed by atoms with Crippen molar-refractivity contribution in [2.45, 2.75) is 10.8 Å². The Hall–Kier alpha value is -0.302. The van der Waals surface area contributed by atoms with Crippen LogP contribution in [0, 0.1) is 0 Å². The second-order valence-corrected chi connectivity index (χ2v) is 4.50. The summed E-state index contributed by atoms with van der Waals surface area (Å²) < 4.78 is -0.0418. The van der Waals surface area contributed by atoms with Crippen LogP contribution in [-0.2, 0) is 0 Å². The summed E-state index contributed by atoms with van der Waals surface area (Å²) in [6, 6.07) is 9.41. The van der Waals surface area contributed by atoms with Crippen molar-refractivity contribution in [2.24, 2.45) is 0 Å². The van der Waals surface area contributed by atoms with Gasteiger partial charge in [0.1, 0.15) is 0 Å². The van der Waals surface area contributed by atoms with Gasteiger partial charge in [-0.2, -0.15) is 0 Å². The summed E-state index contributed by atoms with van der Waals surface area (Å²) in [6.45, 7) is 0.0378. The van der Waals surface area contributed by atoms with Gasteiger partial charge in [-0.3, -0.25) is 0 Å². The fourth-order valence-electron chi connectivity index (χ4n) is 0.997. The molecule has 0 fully saturated rings. The average Bonchev–Trinajstić information content (AvgIpc) is 2.17. The molecule has 0 aliphatic heterocycles. The molecule has 66 valence electrons. The van der Waals surface area contributed by atoms with Gasteiger partial charge < -0.3 is 0 Å². The minimum absolute atomic E-state index is 0.0378. The summed E-state index contributed by atoms with van der Waals surface area (Å²) in [7, 11) is 0. The van der Waals surface area contributed by atoms with Crippen molar-refractivity contribution in [3.8, 4) is 0 Å². The zero-order valence-corrected chi connectivity index (χ0v) is 9.14. The number of hydrogen-bond acceptors (Lipinski definition) is 2. The van der Waals surface area contributed by atoms with E-state index >= 15 is 0 Å². The third-order valence-corrected chi connectivity index (χ3v) is 2.96. The Morgan fingerprint density at radius 1 is 1.25 bits per heavy atom. The third-order valence-electron chi connectivity index (χ3n) is 1.76. The van der Waals surface area contributed by atoms with Crippen molar-refractivity contribution in [1.29, 1.82) is 0 Å². The topological polar surface area (TPSA) is 40.5 Å². The first-order valence-corrected chi connectivity index (χ1v) is 5.25. The predicted molar refractivity (Wildman–Crippen MR) is 50.8 cm³/mol. The molecule has 2 N–H and O–H groups in total. The summed E-state index contributed by atoms with van der Waals surface area (Å²) in [6.07, 6.45) is -0.531. The summed E-state index contributed by atoms with van der Waals surface area (Å²) in [5.41, 5.74) is 0.876. The van der Waals surface area contributed by atoms with E-state index in [1.54, 1.807) is 0 Å². The Kier molecular flexibility index (Phi) is 3.80. The van der Waals surface area contributed by atoms with Crippen LogP contribution in [0.3, 0.4) is 0 Å². The number of aliphatic hydroxyl groups excluding tert-OH is 2. The van der Waals surface area contributed by atoms with E-state index in [2.05, 4.69) is 0 Å². The normalized spacial score (nSPS) is 15.6. The quantitative estimate of drug-likeness (QED) is 0.722. The number of aliphatic hydroxyl groups is 2. The summed E-state index contributed by atoms with van der Waals surface area (Å²) in [4.78, 5) is 0. The van der Waals surface area contributed by atoms with Gasteiger partial charge in [0.25, 0.3) is 0 Å². The van der Waals surface area contributed by atoms with Gasteiger partial charge in [-0.1, -0.05) is 0 Å². The maximum absolute atomic E-state index is 9.64. The van der Waals surface area contributed by atoms with Crippen LogP contribution < -0.4 is 0 Å². The van der Waals surface area contributed by atoms with E-state index in [9.17, 15) is 5.11 Å². The molecule has 0 heterocycles. The Balaban J connectivity index is 2.71. The first-order valence-electron chi connectivity index (χ1n) is 3.85. The Bertz CT molecular complexity index is 225. The van der Waals surface area contributed by atoms with Gasteiger partial charge in [0.2, 0.25) is 0 Å². The molecule has 0 amide bonds. The first kappa shape index (κ1) is 9.78. The van der Waals surface area contributed by atoms with Crippen LogP contribution in [-0.4, -0.2) is 33.7 Å². The standard InChI is InChI=1S/C9H13AsO2/c10-8(6-11)9(12)7-4-2-1-3-5-7/h1-5,8-9,11-12H,6,10H2. The molecule has 0 bridgehead atoms. The second-order valence-electron chi connectivity index (χ2n) is 2.70. The van der Waals surface area contributed by atoms with Crippen molar-refractivity contribution in [3.05, 3.63) is 35.9 Å². The molecule has 0 saturated heterocycles. The van der Waals surface area contributed by atoms with Crippen molar-refractivity contribution in [3.63, 3.8) is 0 Å². The Labute approximate surface area is 80.7 Å². The van der Waals surface area contributed by atoms with Crippen LogP contribution in [0.5, 0.6) is 0 Å². The molecular formula is C9H13AsO2. The van der Waals surface area contributed by atoms with Crippen LogP contribution in [0.4, 0.5) is 0 Å². The average molecular weight is 228 g/mol.